The van der Waals surface area contributed by atoms with Gasteiger partial charge in [-0.3, -0.25) is 9.69 Å². The molecule has 1 heterocycles. The predicted octanol–water partition coefficient (Wildman–Crippen LogP) is 1.61. The molecule has 1 aromatic rings. The van der Waals surface area contributed by atoms with E-state index in [1.165, 1.54) is 11.3 Å². The number of carbonyl (C=O) groups excluding carboxylic acids is 1. The molecule has 20 heavy (non-hydrogen) atoms. The summed E-state index contributed by atoms with van der Waals surface area (Å²) in [7, 11) is 2.12. The summed E-state index contributed by atoms with van der Waals surface area (Å²) in [5.41, 5.74) is 2.59. The van der Waals surface area contributed by atoms with E-state index in [9.17, 15) is 4.79 Å². The molecule has 1 aromatic carbocycles. The van der Waals surface area contributed by atoms with Crippen molar-refractivity contribution in [2.45, 2.75) is 38.4 Å². The first kappa shape index (κ1) is 13.4. The van der Waals surface area contributed by atoms with E-state index in [0.717, 1.165) is 32.5 Å². The second-order valence-corrected chi connectivity index (χ2v) is 5.98. The van der Waals surface area contributed by atoms with Crippen LogP contribution in [0.4, 0.5) is 5.69 Å². The highest BCUT2D eigenvalue weighted by atomic mass is 16.2. The molecule has 4 heteroatoms. The highest BCUT2D eigenvalue weighted by molar-refractivity contribution is 5.82. The van der Waals surface area contributed by atoms with Gasteiger partial charge in [0.15, 0.2) is 0 Å². The number of rotatable bonds is 3. The van der Waals surface area contributed by atoms with Gasteiger partial charge in [-0.05, 0) is 31.4 Å². The topological polar surface area (TPSA) is 35.6 Å². The molecule has 1 atom stereocenters. The maximum Gasteiger partial charge on any atom is 0.237 e. The smallest absolute Gasteiger partial charge is 0.237 e. The number of fused-ring (bicyclic) bond motifs is 1. The average Bonchev–Trinajstić information content (AvgIpc) is 3.27. The van der Waals surface area contributed by atoms with Crippen LogP contribution in [0, 0.1) is 0 Å². The molecule has 1 N–H and O–H groups in total. The third kappa shape index (κ3) is 2.80. The maximum absolute atomic E-state index is 12.2. The van der Waals surface area contributed by atoms with Gasteiger partial charge in [0.25, 0.3) is 0 Å². The lowest BCUT2D eigenvalue weighted by Crippen LogP contribution is -2.46. The quantitative estimate of drug-likeness (QED) is 0.909. The second-order valence-electron chi connectivity index (χ2n) is 5.98. The SMILES string of the molecule is C[C@@H](C(=O)NC1CC1)N1CCN(C)c2ccccc2C1. The number of likely N-dealkylation sites (N-methyl/N-ethyl adjacent to an activating group) is 1. The van der Waals surface area contributed by atoms with Crippen molar-refractivity contribution < 1.29 is 4.79 Å². The van der Waals surface area contributed by atoms with Crippen molar-refractivity contribution in [3.63, 3.8) is 0 Å². The molecule has 0 radical (unpaired) electrons. The number of hydrogen-bond donors (Lipinski definition) is 1. The Morgan fingerprint density at radius 2 is 2.05 bits per heavy atom. The van der Waals surface area contributed by atoms with Gasteiger partial charge in [0.2, 0.25) is 5.91 Å². The summed E-state index contributed by atoms with van der Waals surface area (Å²) in [4.78, 5) is 16.8. The zero-order valence-electron chi connectivity index (χ0n) is 12.3. The fourth-order valence-electron chi connectivity index (χ4n) is 2.76. The monoisotopic (exact) mass is 273 g/mol. The van der Waals surface area contributed by atoms with Gasteiger partial charge in [0.1, 0.15) is 0 Å². The summed E-state index contributed by atoms with van der Waals surface area (Å²) < 4.78 is 0. The largest absolute Gasteiger partial charge is 0.373 e. The van der Waals surface area contributed by atoms with E-state index in [1.807, 2.05) is 6.92 Å². The van der Waals surface area contributed by atoms with Gasteiger partial charge in [-0.2, -0.15) is 0 Å². The Bertz CT molecular complexity index is 498. The van der Waals surface area contributed by atoms with Gasteiger partial charge in [0, 0.05) is 38.4 Å². The van der Waals surface area contributed by atoms with Crippen molar-refractivity contribution >= 4 is 11.6 Å². The minimum Gasteiger partial charge on any atom is -0.373 e. The van der Waals surface area contributed by atoms with Crippen LogP contribution >= 0.6 is 0 Å². The van der Waals surface area contributed by atoms with Crippen molar-refractivity contribution in [3.8, 4) is 0 Å². The molecule has 0 saturated heterocycles. The van der Waals surface area contributed by atoms with Crippen LogP contribution in [0.1, 0.15) is 25.3 Å². The van der Waals surface area contributed by atoms with Gasteiger partial charge in [0.05, 0.1) is 6.04 Å². The number of anilines is 1. The van der Waals surface area contributed by atoms with Crippen molar-refractivity contribution in [1.29, 1.82) is 0 Å². The van der Waals surface area contributed by atoms with Crippen LogP contribution < -0.4 is 10.2 Å². The molecule has 1 aliphatic heterocycles. The van der Waals surface area contributed by atoms with Crippen molar-refractivity contribution in [1.82, 2.24) is 10.2 Å². The molecule has 1 saturated carbocycles. The molecule has 2 aliphatic rings. The number of carbonyl (C=O) groups is 1. The van der Waals surface area contributed by atoms with E-state index in [2.05, 4.69) is 46.4 Å². The van der Waals surface area contributed by atoms with Crippen LogP contribution in [0.5, 0.6) is 0 Å². The van der Waals surface area contributed by atoms with Crippen LogP contribution in [0.2, 0.25) is 0 Å². The fourth-order valence-corrected chi connectivity index (χ4v) is 2.76. The van der Waals surface area contributed by atoms with Gasteiger partial charge < -0.3 is 10.2 Å². The highest BCUT2D eigenvalue weighted by Crippen LogP contribution is 2.25. The third-order valence-electron chi connectivity index (χ3n) is 4.35. The molecular weight excluding hydrogens is 250 g/mol. The van der Waals surface area contributed by atoms with E-state index in [-0.39, 0.29) is 11.9 Å². The van der Waals surface area contributed by atoms with E-state index in [1.54, 1.807) is 0 Å². The first-order valence-electron chi connectivity index (χ1n) is 7.48. The lowest BCUT2D eigenvalue weighted by atomic mass is 10.1. The Labute approximate surface area is 120 Å². The van der Waals surface area contributed by atoms with E-state index in [0.29, 0.717) is 6.04 Å². The summed E-state index contributed by atoms with van der Waals surface area (Å²) in [6.45, 7) is 4.74. The lowest BCUT2D eigenvalue weighted by Gasteiger charge is -2.26. The van der Waals surface area contributed by atoms with Gasteiger partial charge in [-0.25, -0.2) is 0 Å². The van der Waals surface area contributed by atoms with Crippen molar-refractivity contribution in [2.75, 3.05) is 25.0 Å². The summed E-state index contributed by atoms with van der Waals surface area (Å²) in [6.07, 6.45) is 2.29. The average molecular weight is 273 g/mol. The lowest BCUT2D eigenvalue weighted by molar-refractivity contribution is -0.126. The number of benzene rings is 1. The molecule has 0 unspecified atom stereocenters. The molecule has 4 nitrogen and oxygen atoms in total. The van der Waals surface area contributed by atoms with Gasteiger partial charge >= 0.3 is 0 Å². The van der Waals surface area contributed by atoms with Crippen LogP contribution in [0.3, 0.4) is 0 Å². The molecule has 108 valence electrons. The number of para-hydroxylation sites is 1. The molecule has 1 amide bonds. The maximum atomic E-state index is 12.2. The standard InChI is InChI=1S/C16H23N3O/c1-12(16(20)17-14-7-8-14)19-10-9-18(2)15-6-4-3-5-13(15)11-19/h3-6,12,14H,7-11H2,1-2H3,(H,17,20)/t12-/m0/s1. The second kappa shape index (κ2) is 5.44. The molecule has 0 spiro atoms. The Kier molecular flexibility index (Phi) is 3.66. The summed E-state index contributed by atoms with van der Waals surface area (Å²) in [5, 5.41) is 3.11. The van der Waals surface area contributed by atoms with Crippen molar-refractivity contribution in [2.24, 2.45) is 0 Å². The molecule has 0 bridgehead atoms. The first-order chi connectivity index (χ1) is 9.65. The number of amides is 1. The van der Waals surface area contributed by atoms with Crippen LogP contribution in [-0.2, 0) is 11.3 Å². The normalized spacial score (nSPS) is 21.0. The minimum atomic E-state index is -0.0600. The highest BCUT2D eigenvalue weighted by Gasteiger charge is 2.29. The molecule has 1 fully saturated rings. The molecular formula is C16H23N3O. The number of nitrogens with zero attached hydrogens (tertiary/aromatic N) is 2. The predicted molar refractivity (Wildman–Crippen MR) is 80.7 cm³/mol. The zero-order chi connectivity index (χ0) is 14.1. The molecule has 1 aliphatic carbocycles. The Balaban J connectivity index is 1.73. The van der Waals surface area contributed by atoms with E-state index < -0.39 is 0 Å². The summed E-state index contributed by atoms with van der Waals surface area (Å²) >= 11 is 0. The van der Waals surface area contributed by atoms with E-state index >= 15 is 0 Å². The Hall–Kier alpha value is -1.55. The zero-order valence-corrected chi connectivity index (χ0v) is 12.3. The van der Waals surface area contributed by atoms with Crippen molar-refractivity contribution in [3.05, 3.63) is 29.8 Å². The van der Waals surface area contributed by atoms with E-state index in [4.69, 9.17) is 0 Å². The van der Waals surface area contributed by atoms with Crippen LogP contribution in [0.15, 0.2) is 24.3 Å². The summed E-state index contributed by atoms with van der Waals surface area (Å²) in [6, 6.07) is 8.85. The van der Waals surface area contributed by atoms with Gasteiger partial charge in [-0.15, -0.1) is 0 Å². The molecule has 3 rings (SSSR count). The van der Waals surface area contributed by atoms with Crippen LogP contribution in [0.25, 0.3) is 0 Å². The number of nitrogens with one attached hydrogen (secondary N) is 1. The van der Waals surface area contributed by atoms with Gasteiger partial charge in [-0.1, -0.05) is 18.2 Å². The fraction of sp³-hybridized carbons (Fsp3) is 0.562. The molecule has 0 aromatic heterocycles. The number of hydrogen-bond acceptors (Lipinski definition) is 3. The minimum absolute atomic E-state index is 0.0600. The first-order valence-corrected chi connectivity index (χ1v) is 7.48. The Morgan fingerprint density at radius 3 is 2.80 bits per heavy atom. The summed E-state index contributed by atoms with van der Waals surface area (Å²) in [5.74, 6) is 0.175. The Morgan fingerprint density at radius 1 is 1.30 bits per heavy atom. The van der Waals surface area contributed by atoms with Crippen LogP contribution in [-0.4, -0.2) is 43.0 Å². The third-order valence-corrected chi connectivity index (χ3v) is 4.35.